The van der Waals surface area contributed by atoms with Gasteiger partial charge >= 0.3 is 0 Å². The first-order chi connectivity index (χ1) is 7.24. The summed E-state index contributed by atoms with van der Waals surface area (Å²) in [6.07, 6.45) is 2.29. The third kappa shape index (κ3) is 2.88. The van der Waals surface area contributed by atoms with E-state index in [-0.39, 0.29) is 0 Å². The molecule has 0 atom stereocenters. The number of hydrogen-bond acceptors (Lipinski definition) is 2. The molecule has 1 aromatic rings. The molecule has 0 aromatic heterocycles. The first kappa shape index (κ1) is 11.9. The minimum absolute atomic E-state index is 0.592. The third-order valence-electron chi connectivity index (χ3n) is 2.83. The fraction of sp³-hybridized carbons (Fsp3) is 0.538. The van der Waals surface area contributed by atoms with Crippen molar-refractivity contribution in [2.75, 3.05) is 14.2 Å². The van der Waals surface area contributed by atoms with E-state index in [2.05, 4.69) is 26.0 Å². The minimum Gasteiger partial charge on any atom is -0.497 e. The van der Waals surface area contributed by atoms with Gasteiger partial charge in [-0.15, -0.1) is 0 Å². The maximum atomic E-state index is 5.26. The van der Waals surface area contributed by atoms with Gasteiger partial charge < -0.3 is 9.47 Å². The van der Waals surface area contributed by atoms with Crippen LogP contribution in [0.25, 0.3) is 0 Å². The molecule has 0 aliphatic carbocycles. The highest BCUT2D eigenvalue weighted by Gasteiger charge is 2.09. The summed E-state index contributed by atoms with van der Waals surface area (Å²) in [4.78, 5) is 0. The maximum absolute atomic E-state index is 5.26. The molecule has 2 heteroatoms. The molecule has 0 amide bonds. The molecule has 0 spiro atoms. The lowest BCUT2D eigenvalue weighted by Gasteiger charge is -2.15. The number of hydrogen-bond donors (Lipinski definition) is 0. The fourth-order valence-electron chi connectivity index (χ4n) is 1.83. The van der Waals surface area contributed by atoms with Crippen LogP contribution in [-0.4, -0.2) is 14.2 Å². The van der Waals surface area contributed by atoms with Crippen molar-refractivity contribution in [1.29, 1.82) is 0 Å². The van der Waals surface area contributed by atoms with Crippen molar-refractivity contribution in [1.82, 2.24) is 0 Å². The molecule has 0 N–H and O–H groups in total. The fourth-order valence-corrected chi connectivity index (χ4v) is 1.83. The largest absolute Gasteiger partial charge is 0.497 e. The average molecular weight is 208 g/mol. The highest BCUT2D eigenvalue weighted by Crippen LogP contribution is 2.30. The Morgan fingerprint density at radius 3 is 1.73 bits per heavy atom. The molecule has 84 valence electrons. The van der Waals surface area contributed by atoms with Crippen molar-refractivity contribution >= 4 is 0 Å². The molecule has 15 heavy (non-hydrogen) atoms. The summed E-state index contributed by atoms with van der Waals surface area (Å²) in [6, 6.07) is 6.10. The van der Waals surface area contributed by atoms with E-state index >= 15 is 0 Å². The van der Waals surface area contributed by atoms with E-state index in [1.165, 1.54) is 5.56 Å². The predicted molar refractivity (Wildman–Crippen MR) is 62.9 cm³/mol. The first-order valence-electron chi connectivity index (χ1n) is 5.48. The van der Waals surface area contributed by atoms with Crippen LogP contribution >= 0.6 is 0 Å². The van der Waals surface area contributed by atoms with Gasteiger partial charge in [-0.3, -0.25) is 0 Å². The van der Waals surface area contributed by atoms with Gasteiger partial charge in [-0.2, -0.15) is 0 Å². The summed E-state index contributed by atoms with van der Waals surface area (Å²) < 4.78 is 10.5. The molecule has 0 fully saturated rings. The summed E-state index contributed by atoms with van der Waals surface area (Å²) >= 11 is 0. The van der Waals surface area contributed by atoms with Crippen LogP contribution in [0.5, 0.6) is 11.5 Å². The maximum Gasteiger partial charge on any atom is 0.122 e. The number of rotatable bonds is 5. The van der Waals surface area contributed by atoms with Crippen LogP contribution in [0.2, 0.25) is 0 Å². The molecule has 2 nitrogen and oxygen atoms in total. The van der Waals surface area contributed by atoms with Crippen LogP contribution in [0.1, 0.15) is 38.2 Å². The van der Waals surface area contributed by atoms with Gasteiger partial charge in [0.15, 0.2) is 0 Å². The molecule has 0 bridgehead atoms. The van der Waals surface area contributed by atoms with Gasteiger partial charge in [0.05, 0.1) is 14.2 Å². The van der Waals surface area contributed by atoms with Crippen LogP contribution in [0.4, 0.5) is 0 Å². The second-order valence-electron chi connectivity index (χ2n) is 3.66. The van der Waals surface area contributed by atoms with Crippen molar-refractivity contribution in [2.24, 2.45) is 0 Å². The van der Waals surface area contributed by atoms with Gasteiger partial charge in [0.1, 0.15) is 11.5 Å². The van der Waals surface area contributed by atoms with Crippen LogP contribution in [-0.2, 0) is 0 Å². The molecular weight excluding hydrogens is 188 g/mol. The minimum atomic E-state index is 0.592. The zero-order valence-corrected chi connectivity index (χ0v) is 10.0. The van der Waals surface area contributed by atoms with E-state index in [1.54, 1.807) is 14.2 Å². The second-order valence-corrected chi connectivity index (χ2v) is 3.66. The molecule has 0 aliphatic heterocycles. The summed E-state index contributed by atoms with van der Waals surface area (Å²) in [5.74, 6) is 2.33. The normalized spacial score (nSPS) is 10.5. The molecule has 0 aliphatic rings. The molecule has 0 unspecified atom stereocenters. The Morgan fingerprint density at radius 1 is 0.933 bits per heavy atom. The van der Waals surface area contributed by atoms with E-state index in [0.29, 0.717) is 5.92 Å². The molecule has 0 saturated carbocycles. The Hall–Kier alpha value is -1.18. The molecule has 0 saturated heterocycles. The van der Waals surface area contributed by atoms with Crippen molar-refractivity contribution < 1.29 is 9.47 Å². The van der Waals surface area contributed by atoms with Crippen molar-refractivity contribution in [2.45, 2.75) is 32.6 Å². The quantitative estimate of drug-likeness (QED) is 0.736. The summed E-state index contributed by atoms with van der Waals surface area (Å²) in [5, 5.41) is 0. The van der Waals surface area contributed by atoms with Gasteiger partial charge in [0.25, 0.3) is 0 Å². The molecule has 0 radical (unpaired) electrons. The van der Waals surface area contributed by atoms with Crippen molar-refractivity contribution in [3.63, 3.8) is 0 Å². The topological polar surface area (TPSA) is 18.5 Å². The molecule has 1 rings (SSSR count). The molecular formula is C13H20O2. The van der Waals surface area contributed by atoms with E-state index in [1.807, 2.05) is 6.07 Å². The van der Waals surface area contributed by atoms with Gasteiger partial charge in [-0.05, 0) is 36.5 Å². The predicted octanol–water partition coefficient (Wildman–Crippen LogP) is 3.61. The highest BCUT2D eigenvalue weighted by atomic mass is 16.5. The van der Waals surface area contributed by atoms with E-state index < -0.39 is 0 Å². The Morgan fingerprint density at radius 2 is 1.40 bits per heavy atom. The lowest BCUT2D eigenvalue weighted by Crippen LogP contribution is -1.97. The summed E-state index contributed by atoms with van der Waals surface area (Å²) in [5.41, 5.74) is 1.30. The van der Waals surface area contributed by atoms with Gasteiger partial charge in [-0.25, -0.2) is 0 Å². The lowest BCUT2D eigenvalue weighted by molar-refractivity contribution is 0.392. The first-order valence-corrected chi connectivity index (χ1v) is 5.48. The highest BCUT2D eigenvalue weighted by molar-refractivity contribution is 5.39. The van der Waals surface area contributed by atoms with Crippen LogP contribution in [0.3, 0.4) is 0 Å². The number of methoxy groups -OCH3 is 2. The number of ether oxygens (including phenoxy) is 2. The SMILES string of the molecule is CCC(CC)c1cc(OC)cc(OC)c1. The lowest BCUT2D eigenvalue weighted by atomic mass is 9.94. The van der Waals surface area contributed by atoms with Crippen LogP contribution in [0, 0.1) is 0 Å². The van der Waals surface area contributed by atoms with Gasteiger partial charge in [-0.1, -0.05) is 13.8 Å². The zero-order valence-electron chi connectivity index (χ0n) is 10.0. The van der Waals surface area contributed by atoms with E-state index in [9.17, 15) is 0 Å². The Kier molecular flexibility index (Phi) is 4.47. The van der Waals surface area contributed by atoms with E-state index in [4.69, 9.17) is 9.47 Å². The number of benzene rings is 1. The van der Waals surface area contributed by atoms with Crippen molar-refractivity contribution in [3.8, 4) is 11.5 Å². The average Bonchev–Trinajstić information content (AvgIpc) is 2.30. The third-order valence-corrected chi connectivity index (χ3v) is 2.83. The van der Waals surface area contributed by atoms with E-state index in [0.717, 1.165) is 24.3 Å². The second kappa shape index (κ2) is 5.64. The Labute approximate surface area is 92.2 Å². The van der Waals surface area contributed by atoms with Crippen LogP contribution < -0.4 is 9.47 Å². The van der Waals surface area contributed by atoms with Gasteiger partial charge in [0, 0.05) is 6.07 Å². The smallest absolute Gasteiger partial charge is 0.122 e. The summed E-state index contributed by atoms with van der Waals surface area (Å²) in [7, 11) is 3.37. The zero-order chi connectivity index (χ0) is 11.3. The van der Waals surface area contributed by atoms with Crippen LogP contribution in [0.15, 0.2) is 18.2 Å². The molecule has 1 aromatic carbocycles. The van der Waals surface area contributed by atoms with Gasteiger partial charge in [0.2, 0.25) is 0 Å². The monoisotopic (exact) mass is 208 g/mol. The molecule has 0 heterocycles. The summed E-state index contributed by atoms with van der Waals surface area (Å²) in [6.45, 7) is 4.42. The van der Waals surface area contributed by atoms with Crippen molar-refractivity contribution in [3.05, 3.63) is 23.8 Å². The standard InChI is InChI=1S/C13H20O2/c1-5-10(6-2)11-7-12(14-3)9-13(8-11)15-4/h7-10H,5-6H2,1-4H3. The Bertz CT molecular complexity index is 281. The Balaban J connectivity index is 3.05.